The fraction of sp³-hybridized carbons (Fsp3) is 0.250. The minimum absolute atomic E-state index is 0.0769. The number of aromatic nitrogens is 1. The number of pyridine rings is 1. The molecule has 2 atom stereocenters. The molecule has 196 valence electrons. The largest absolute Gasteiger partial charge is 0.435 e. The lowest BCUT2D eigenvalue weighted by Gasteiger charge is -2.23. The fourth-order valence-corrected chi connectivity index (χ4v) is 5.54. The Morgan fingerprint density at radius 3 is 2.43 bits per heavy atom. The summed E-state index contributed by atoms with van der Waals surface area (Å²) in [5.41, 5.74) is 0.621. The summed E-state index contributed by atoms with van der Waals surface area (Å²) in [6, 6.07) is 9.16. The van der Waals surface area contributed by atoms with Crippen molar-refractivity contribution in [2.24, 2.45) is 0 Å². The predicted molar refractivity (Wildman–Crippen MR) is 122 cm³/mol. The molecule has 1 fully saturated rings. The van der Waals surface area contributed by atoms with E-state index in [0.717, 1.165) is 34.8 Å². The zero-order valence-corrected chi connectivity index (χ0v) is 19.8. The Kier molecular flexibility index (Phi) is 7.73. The summed E-state index contributed by atoms with van der Waals surface area (Å²) in [5, 5.41) is 2.49. The first kappa shape index (κ1) is 26.5. The number of benzene rings is 2. The van der Waals surface area contributed by atoms with E-state index in [9.17, 15) is 35.2 Å². The molecule has 2 heterocycles. The highest BCUT2D eigenvalue weighted by Crippen LogP contribution is 2.29. The zero-order chi connectivity index (χ0) is 26.7. The number of halogens is 5. The monoisotopic (exact) mass is 541 g/mol. The maximum Gasteiger partial charge on any atom is 0.387 e. The molecule has 0 spiro atoms. The first-order valence-corrected chi connectivity index (χ1v) is 12.4. The molecule has 0 bridgehead atoms. The van der Waals surface area contributed by atoms with Crippen molar-refractivity contribution >= 4 is 15.9 Å². The van der Waals surface area contributed by atoms with Crippen LogP contribution in [0.2, 0.25) is 0 Å². The van der Waals surface area contributed by atoms with E-state index in [0.29, 0.717) is 5.56 Å². The lowest BCUT2D eigenvalue weighted by Crippen LogP contribution is -2.45. The van der Waals surface area contributed by atoms with Gasteiger partial charge in [-0.3, -0.25) is 9.78 Å². The second-order valence-electron chi connectivity index (χ2n) is 8.15. The lowest BCUT2D eigenvalue weighted by molar-refractivity contribution is -0.124. The summed E-state index contributed by atoms with van der Waals surface area (Å²) in [5.74, 6) is -2.25. The van der Waals surface area contributed by atoms with Gasteiger partial charge in [0, 0.05) is 18.5 Å². The molecule has 1 amide bonds. The molecule has 0 aliphatic carbocycles. The summed E-state index contributed by atoms with van der Waals surface area (Å²) in [7, 11) is -4.28. The van der Waals surface area contributed by atoms with Gasteiger partial charge in [-0.15, -0.1) is 0 Å². The minimum atomic E-state index is -4.28. The van der Waals surface area contributed by atoms with Gasteiger partial charge in [-0.1, -0.05) is 12.1 Å². The Bertz CT molecular complexity index is 1370. The van der Waals surface area contributed by atoms with Crippen LogP contribution in [0.25, 0.3) is 11.1 Å². The van der Waals surface area contributed by atoms with E-state index in [1.54, 1.807) is 0 Å². The molecule has 2 unspecified atom stereocenters. The average Bonchev–Trinajstić information content (AvgIpc) is 3.26. The molecule has 2 aromatic carbocycles. The number of alkyl halides is 3. The van der Waals surface area contributed by atoms with Gasteiger partial charge in [-0.25, -0.2) is 21.6 Å². The number of carbonyl (C=O) groups is 1. The smallest absolute Gasteiger partial charge is 0.387 e. The summed E-state index contributed by atoms with van der Waals surface area (Å²) in [6.07, 6.45) is -1.04. The van der Waals surface area contributed by atoms with Crippen LogP contribution in [0.5, 0.6) is 5.75 Å². The van der Waals surface area contributed by atoms with Crippen molar-refractivity contribution in [2.75, 3.05) is 6.54 Å². The fourth-order valence-electron chi connectivity index (χ4n) is 3.91. The van der Waals surface area contributed by atoms with E-state index in [-0.39, 0.29) is 34.9 Å². The molecule has 1 N–H and O–H groups in total. The van der Waals surface area contributed by atoms with Gasteiger partial charge in [-0.05, 0) is 48.0 Å². The van der Waals surface area contributed by atoms with Crippen LogP contribution < -0.4 is 10.1 Å². The average molecular weight is 541 g/mol. The van der Waals surface area contributed by atoms with E-state index in [2.05, 4.69) is 15.0 Å². The highest BCUT2D eigenvalue weighted by atomic mass is 32.2. The number of ether oxygens (including phenoxy) is 1. The Labute approximate surface area is 208 Å². The van der Waals surface area contributed by atoms with E-state index >= 15 is 0 Å². The van der Waals surface area contributed by atoms with Gasteiger partial charge in [0.2, 0.25) is 15.9 Å². The van der Waals surface area contributed by atoms with Crippen molar-refractivity contribution in [3.8, 4) is 16.9 Å². The number of hydrogen-bond acceptors (Lipinski definition) is 5. The van der Waals surface area contributed by atoms with Crippen molar-refractivity contribution in [2.45, 2.75) is 36.7 Å². The highest BCUT2D eigenvalue weighted by Gasteiger charge is 2.44. The summed E-state index contributed by atoms with van der Waals surface area (Å²) in [4.78, 5) is 16.5. The van der Waals surface area contributed by atoms with Crippen LogP contribution in [0.3, 0.4) is 0 Å². The van der Waals surface area contributed by atoms with Gasteiger partial charge in [-0.2, -0.15) is 13.1 Å². The maximum atomic E-state index is 14.4. The van der Waals surface area contributed by atoms with Gasteiger partial charge in [0.15, 0.2) is 0 Å². The molecule has 37 heavy (non-hydrogen) atoms. The standard InChI is InChI=1S/C24H20F5N3O4S/c25-15-3-7-19(8-4-15)37(34,35)32-13-16(26)9-22(32)23(33)31-11-17-10-20(21(27)12-30-17)14-1-5-18(6-2-14)36-24(28)29/h1-8,10,12,16,22,24H,9,11,13H2,(H,31,33). The number of nitrogens with one attached hydrogen (secondary N) is 1. The predicted octanol–water partition coefficient (Wildman–Crippen LogP) is 4.05. The summed E-state index contributed by atoms with van der Waals surface area (Å²) in [6.45, 7) is -3.77. The van der Waals surface area contributed by atoms with Gasteiger partial charge in [0.25, 0.3) is 0 Å². The number of rotatable bonds is 8. The molecule has 1 aliphatic rings. The third kappa shape index (κ3) is 6.05. The number of carbonyl (C=O) groups excluding carboxylic acids is 1. The van der Waals surface area contributed by atoms with E-state index in [1.165, 1.54) is 30.3 Å². The molecule has 7 nitrogen and oxygen atoms in total. The Hall–Kier alpha value is -3.58. The van der Waals surface area contributed by atoms with Crippen molar-refractivity contribution in [1.29, 1.82) is 0 Å². The van der Waals surface area contributed by atoms with E-state index in [1.807, 2.05) is 0 Å². The number of nitrogens with zero attached hydrogens (tertiary/aromatic N) is 2. The molecular weight excluding hydrogens is 521 g/mol. The van der Waals surface area contributed by atoms with Crippen LogP contribution in [-0.2, 0) is 21.4 Å². The van der Waals surface area contributed by atoms with Crippen LogP contribution in [-0.4, -0.2) is 49.0 Å². The topological polar surface area (TPSA) is 88.6 Å². The molecular formula is C24H20F5N3O4S. The summed E-state index contributed by atoms with van der Waals surface area (Å²) >= 11 is 0. The van der Waals surface area contributed by atoms with Gasteiger partial charge in [0.1, 0.15) is 29.6 Å². The quantitative estimate of drug-likeness (QED) is 0.435. The van der Waals surface area contributed by atoms with Crippen LogP contribution in [0.1, 0.15) is 12.1 Å². The maximum absolute atomic E-state index is 14.4. The Morgan fingerprint density at radius 2 is 1.78 bits per heavy atom. The molecule has 0 radical (unpaired) electrons. The molecule has 13 heteroatoms. The first-order valence-electron chi connectivity index (χ1n) is 10.9. The molecule has 1 aliphatic heterocycles. The Morgan fingerprint density at radius 1 is 1.11 bits per heavy atom. The number of amides is 1. The molecule has 4 rings (SSSR count). The molecule has 3 aromatic rings. The molecule has 0 saturated carbocycles. The van der Waals surface area contributed by atoms with Gasteiger partial charge in [0.05, 0.1) is 23.3 Å². The van der Waals surface area contributed by atoms with Crippen LogP contribution in [0.15, 0.2) is 65.7 Å². The third-order valence-corrected chi connectivity index (χ3v) is 7.56. The Balaban J connectivity index is 1.48. The van der Waals surface area contributed by atoms with Crippen LogP contribution >= 0.6 is 0 Å². The van der Waals surface area contributed by atoms with Crippen LogP contribution in [0, 0.1) is 11.6 Å². The van der Waals surface area contributed by atoms with Gasteiger partial charge < -0.3 is 10.1 Å². The molecule has 1 aromatic heterocycles. The second-order valence-corrected chi connectivity index (χ2v) is 10.0. The van der Waals surface area contributed by atoms with Crippen molar-refractivity contribution in [3.05, 3.63) is 78.1 Å². The summed E-state index contributed by atoms with van der Waals surface area (Å²) < 4.78 is 97.4. The lowest BCUT2D eigenvalue weighted by atomic mass is 10.1. The zero-order valence-electron chi connectivity index (χ0n) is 19.0. The minimum Gasteiger partial charge on any atom is -0.435 e. The van der Waals surface area contributed by atoms with Gasteiger partial charge >= 0.3 is 6.61 Å². The molecule has 1 saturated heterocycles. The number of hydrogen-bond donors (Lipinski definition) is 1. The van der Waals surface area contributed by atoms with Crippen molar-refractivity contribution < 1.29 is 39.9 Å². The first-order chi connectivity index (χ1) is 17.5. The van der Waals surface area contributed by atoms with E-state index < -0.39 is 52.9 Å². The third-order valence-electron chi connectivity index (χ3n) is 5.67. The second kappa shape index (κ2) is 10.8. The van der Waals surface area contributed by atoms with Crippen molar-refractivity contribution in [3.63, 3.8) is 0 Å². The van der Waals surface area contributed by atoms with Crippen molar-refractivity contribution in [1.82, 2.24) is 14.6 Å². The number of sulfonamides is 1. The van der Waals surface area contributed by atoms with Crippen LogP contribution in [0.4, 0.5) is 22.0 Å². The SMILES string of the molecule is O=C(NCc1cc(-c2ccc(OC(F)F)cc2)c(F)cn1)C1CC(F)CN1S(=O)(=O)c1ccc(F)cc1. The van der Waals surface area contributed by atoms with E-state index in [4.69, 9.17) is 0 Å². The highest BCUT2D eigenvalue weighted by molar-refractivity contribution is 7.89. The normalized spacial score (nSPS) is 18.2.